The molecule has 0 spiro atoms. The number of pyridine rings is 1. The maximum absolute atomic E-state index is 12.3. The van der Waals surface area contributed by atoms with E-state index in [1.165, 1.54) is 0 Å². The van der Waals surface area contributed by atoms with Crippen molar-refractivity contribution in [2.24, 2.45) is 7.05 Å². The second-order valence-corrected chi connectivity index (χ2v) is 6.36. The van der Waals surface area contributed by atoms with Crippen molar-refractivity contribution in [1.29, 1.82) is 0 Å². The summed E-state index contributed by atoms with van der Waals surface area (Å²) in [5, 5.41) is 14.0. The van der Waals surface area contributed by atoms with Gasteiger partial charge in [-0.1, -0.05) is 5.16 Å². The molecule has 134 valence electrons. The number of hydrogen-bond acceptors (Lipinski definition) is 6. The SMILES string of the molecule is C[C@@H](NC(=O)Nc1cc(C2CC2)nn1C)c1nc(-c2ccncc2)no1. The summed E-state index contributed by atoms with van der Waals surface area (Å²) < 4.78 is 6.93. The molecule has 1 atom stereocenters. The first-order valence-corrected chi connectivity index (χ1v) is 8.45. The predicted molar refractivity (Wildman–Crippen MR) is 93.3 cm³/mol. The van der Waals surface area contributed by atoms with Gasteiger partial charge in [0.25, 0.3) is 0 Å². The Kier molecular flexibility index (Phi) is 4.11. The van der Waals surface area contributed by atoms with Gasteiger partial charge in [-0.2, -0.15) is 10.1 Å². The summed E-state index contributed by atoms with van der Waals surface area (Å²) in [7, 11) is 1.81. The molecule has 2 amide bonds. The van der Waals surface area contributed by atoms with Gasteiger partial charge in [-0.3, -0.25) is 15.0 Å². The number of hydrogen-bond donors (Lipinski definition) is 2. The van der Waals surface area contributed by atoms with Gasteiger partial charge < -0.3 is 9.84 Å². The predicted octanol–water partition coefficient (Wildman–Crippen LogP) is 2.63. The van der Waals surface area contributed by atoms with Crippen molar-refractivity contribution in [1.82, 2.24) is 30.2 Å². The van der Waals surface area contributed by atoms with Gasteiger partial charge in [0.1, 0.15) is 11.9 Å². The van der Waals surface area contributed by atoms with Crippen LogP contribution < -0.4 is 10.6 Å². The minimum atomic E-state index is -0.436. The Balaban J connectivity index is 1.39. The first-order valence-electron chi connectivity index (χ1n) is 8.45. The highest BCUT2D eigenvalue weighted by atomic mass is 16.5. The number of aryl methyl sites for hydroxylation is 1. The third-order valence-electron chi connectivity index (χ3n) is 4.23. The molecule has 3 aromatic heterocycles. The van der Waals surface area contributed by atoms with E-state index in [1.54, 1.807) is 36.1 Å². The molecular weight excluding hydrogens is 334 g/mol. The molecular formula is C17H19N7O2. The molecule has 0 bridgehead atoms. The van der Waals surface area contributed by atoms with Crippen LogP contribution in [0.3, 0.4) is 0 Å². The molecule has 2 N–H and O–H groups in total. The highest BCUT2D eigenvalue weighted by Gasteiger charge is 2.27. The Morgan fingerprint density at radius 1 is 1.35 bits per heavy atom. The molecule has 1 aliphatic rings. The lowest BCUT2D eigenvalue weighted by molar-refractivity contribution is 0.245. The van der Waals surface area contributed by atoms with Crippen LogP contribution in [0.1, 0.15) is 43.3 Å². The molecule has 3 aromatic rings. The van der Waals surface area contributed by atoms with Crippen LogP contribution in [0.5, 0.6) is 0 Å². The summed E-state index contributed by atoms with van der Waals surface area (Å²) >= 11 is 0. The zero-order valence-corrected chi connectivity index (χ0v) is 14.5. The van der Waals surface area contributed by atoms with Gasteiger partial charge in [0.15, 0.2) is 0 Å². The van der Waals surface area contributed by atoms with Crippen molar-refractivity contribution in [2.75, 3.05) is 5.32 Å². The van der Waals surface area contributed by atoms with Crippen molar-refractivity contribution in [3.05, 3.63) is 42.2 Å². The van der Waals surface area contributed by atoms with Gasteiger partial charge in [-0.25, -0.2) is 4.79 Å². The van der Waals surface area contributed by atoms with Crippen LogP contribution in [0.15, 0.2) is 35.1 Å². The molecule has 0 unspecified atom stereocenters. The van der Waals surface area contributed by atoms with Crippen LogP contribution in [0, 0.1) is 0 Å². The molecule has 1 saturated carbocycles. The first kappa shape index (κ1) is 16.2. The first-order chi connectivity index (χ1) is 12.6. The van der Waals surface area contributed by atoms with Crippen molar-refractivity contribution >= 4 is 11.8 Å². The van der Waals surface area contributed by atoms with Gasteiger partial charge in [0.05, 0.1) is 5.69 Å². The standard InChI is InChI=1S/C17H19N7O2/c1-10(16-21-15(23-26-16)12-5-7-18-8-6-12)19-17(25)20-14-9-13(11-3-4-11)22-24(14)2/h5-11H,3-4H2,1-2H3,(H2,19,20,25)/t10-/m1/s1. The van der Waals surface area contributed by atoms with E-state index in [2.05, 4.69) is 30.9 Å². The van der Waals surface area contributed by atoms with E-state index in [1.807, 2.05) is 13.1 Å². The van der Waals surface area contributed by atoms with Gasteiger partial charge in [0, 0.05) is 37.0 Å². The van der Waals surface area contributed by atoms with E-state index in [0.29, 0.717) is 23.5 Å². The number of carbonyl (C=O) groups excluding carboxylic acids is 1. The number of urea groups is 1. The Morgan fingerprint density at radius 3 is 2.85 bits per heavy atom. The lowest BCUT2D eigenvalue weighted by Crippen LogP contribution is -2.32. The quantitative estimate of drug-likeness (QED) is 0.729. The van der Waals surface area contributed by atoms with E-state index in [4.69, 9.17) is 4.52 Å². The zero-order chi connectivity index (χ0) is 18.1. The molecule has 0 radical (unpaired) electrons. The third-order valence-corrected chi connectivity index (χ3v) is 4.23. The average Bonchev–Trinajstić information content (AvgIpc) is 3.25. The lowest BCUT2D eigenvalue weighted by atomic mass is 10.2. The number of nitrogens with zero attached hydrogens (tertiary/aromatic N) is 5. The summed E-state index contributed by atoms with van der Waals surface area (Å²) in [6, 6.07) is 4.70. The van der Waals surface area contributed by atoms with Crippen molar-refractivity contribution < 1.29 is 9.32 Å². The van der Waals surface area contributed by atoms with E-state index in [0.717, 1.165) is 24.1 Å². The molecule has 1 aliphatic carbocycles. The van der Waals surface area contributed by atoms with Crippen molar-refractivity contribution in [3.63, 3.8) is 0 Å². The minimum Gasteiger partial charge on any atom is -0.337 e. The highest BCUT2D eigenvalue weighted by Crippen LogP contribution is 2.39. The van der Waals surface area contributed by atoms with Crippen LogP contribution >= 0.6 is 0 Å². The number of amides is 2. The Labute approximate surface area is 149 Å². The molecule has 0 aliphatic heterocycles. The summed E-state index contributed by atoms with van der Waals surface area (Å²) in [6.45, 7) is 1.78. The summed E-state index contributed by atoms with van der Waals surface area (Å²) in [5.41, 5.74) is 1.82. The molecule has 0 aromatic carbocycles. The third kappa shape index (κ3) is 3.41. The van der Waals surface area contributed by atoms with Gasteiger partial charge in [0.2, 0.25) is 11.7 Å². The molecule has 9 nitrogen and oxygen atoms in total. The zero-order valence-electron chi connectivity index (χ0n) is 14.5. The molecule has 0 saturated heterocycles. The van der Waals surface area contributed by atoms with Crippen molar-refractivity contribution in [2.45, 2.75) is 31.7 Å². The van der Waals surface area contributed by atoms with Crippen LogP contribution in [-0.4, -0.2) is 30.9 Å². The molecule has 26 heavy (non-hydrogen) atoms. The molecule has 9 heteroatoms. The van der Waals surface area contributed by atoms with E-state index in [9.17, 15) is 4.79 Å². The average molecular weight is 353 g/mol. The topological polar surface area (TPSA) is 111 Å². The van der Waals surface area contributed by atoms with E-state index in [-0.39, 0.29) is 6.03 Å². The molecule has 1 fully saturated rings. The number of anilines is 1. The number of nitrogens with one attached hydrogen (secondary N) is 2. The normalized spacial score (nSPS) is 14.8. The second-order valence-electron chi connectivity index (χ2n) is 6.36. The highest BCUT2D eigenvalue weighted by molar-refractivity contribution is 5.88. The number of aromatic nitrogens is 5. The summed E-state index contributed by atoms with van der Waals surface area (Å²) in [4.78, 5) is 20.5. The fraction of sp³-hybridized carbons (Fsp3) is 0.353. The molecule has 4 rings (SSSR count). The maximum Gasteiger partial charge on any atom is 0.321 e. The van der Waals surface area contributed by atoms with Crippen LogP contribution in [0.25, 0.3) is 11.4 Å². The van der Waals surface area contributed by atoms with Gasteiger partial charge in [-0.15, -0.1) is 0 Å². The molecule has 3 heterocycles. The largest absolute Gasteiger partial charge is 0.337 e. The second kappa shape index (κ2) is 6.58. The van der Waals surface area contributed by atoms with Crippen molar-refractivity contribution in [3.8, 4) is 11.4 Å². The fourth-order valence-electron chi connectivity index (χ4n) is 2.63. The van der Waals surface area contributed by atoms with E-state index >= 15 is 0 Å². The Hall–Kier alpha value is -3.23. The maximum atomic E-state index is 12.3. The summed E-state index contributed by atoms with van der Waals surface area (Å²) in [5.74, 6) is 1.97. The fourth-order valence-corrected chi connectivity index (χ4v) is 2.63. The minimum absolute atomic E-state index is 0.329. The van der Waals surface area contributed by atoms with E-state index < -0.39 is 6.04 Å². The number of carbonyl (C=O) groups is 1. The monoisotopic (exact) mass is 353 g/mol. The number of rotatable bonds is 5. The van der Waals surface area contributed by atoms with Crippen LogP contribution in [-0.2, 0) is 7.05 Å². The Bertz CT molecular complexity index is 914. The van der Waals surface area contributed by atoms with Gasteiger partial charge >= 0.3 is 6.03 Å². The van der Waals surface area contributed by atoms with Crippen LogP contribution in [0.2, 0.25) is 0 Å². The summed E-state index contributed by atoms with van der Waals surface area (Å²) in [6.07, 6.45) is 5.64. The Morgan fingerprint density at radius 2 is 2.12 bits per heavy atom. The smallest absolute Gasteiger partial charge is 0.321 e. The lowest BCUT2D eigenvalue weighted by Gasteiger charge is -2.10. The van der Waals surface area contributed by atoms with Gasteiger partial charge in [-0.05, 0) is 31.9 Å². The van der Waals surface area contributed by atoms with Crippen LogP contribution in [0.4, 0.5) is 10.6 Å².